The van der Waals surface area contributed by atoms with Gasteiger partial charge in [-0.3, -0.25) is 9.59 Å². The van der Waals surface area contributed by atoms with Crippen LogP contribution in [0.3, 0.4) is 0 Å². The number of alkyl halides is 3. The predicted molar refractivity (Wildman–Crippen MR) is 88.3 cm³/mol. The molecule has 0 bridgehead atoms. The number of esters is 1. The minimum atomic E-state index is -4.44. The van der Waals surface area contributed by atoms with Crippen LogP contribution < -0.4 is 5.32 Å². The van der Waals surface area contributed by atoms with Crippen LogP contribution in [0.5, 0.6) is 0 Å². The number of rotatable bonds is 6. The van der Waals surface area contributed by atoms with Crippen molar-refractivity contribution in [1.29, 1.82) is 0 Å². The van der Waals surface area contributed by atoms with Crippen LogP contribution in [0.4, 0.5) is 18.9 Å². The number of hydrogen-bond acceptors (Lipinski definition) is 4. The molecule has 8 heteroatoms. The third-order valence-corrected chi connectivity index (χ3v) is 4.25. The normalized spacial score (nSPS) is 12.5. The second-order valence-electron chi connectivity index (χ2n) is 5.28. The number of nitrogens with one attached hydrogen (secondary N) is 1. The van der Waals surface area contributed by atoms with Crippen LogP contribution in [-0.4, -0.2) is 18.0 Å². The molecule has 1 heterocycles. The van der Waals surface area contributed by atoms with Gasteiger partial charge in [-0.15, -0.1) is 11.3 Å². The highest BCUT2D eigenvalue weighted by Crippen LogP contribution is 2.29. The minimum absolute atomic E-state index is 0.151. The zero-order chi connectivity index (χ0) is 18.4. The van der Waals surface area contributed by atoms with Gasteiger partial charge in [0, 0.05) is 10.6 Å². The van der Waals surface area contributed by atoms with Gasteiger partial charge in [-0.1, -0.05) is 6.07 Å². The molecule has 0 unspecified atom stereocenters. The van der Waals surface area contributed by atoms with Gasteiger partial charge in [0.1, 0.15) is 0 Å². The number of thiophene rings is 1. The quantitative estimate of drug-likeness (QED) is 0.772. The van der Waals surface area contributed by atoms with Crippen molar-refractivity contribution in [2.24, 2.45) is 0 Å². The largest absolute Gasteiger partial charge is 0.453 e. The lowest BCUT2D eigenvalue weighted by atomic mass is 10.2. The van der Waals surface area contributed by atoms with Crippen molar-refractivity contribution < 1.29 is 27.5 Å². The number of amides is 1. The molecule has 0 aliphatic heterocycles. The SMILES string of the molecule is C[C@@H](OC(=O)CCc1cccs1)C(=O)Nc1ccc(C(F)(F)F)cc1. The van der Waals surface area contributed by atoms with E-state index >= 15 is 0 Å². The van der Waals surface area contributed by atoms with Crippen molar-refractivity contribution in [2.45, 2.75) is 32.0 Å². The number of carbonyl (C=O) groups is 2. The second-order valence-corrected chi connectivity index (χ2v) is 6.31. The standard InChI is InChI=1S/C17H16F3NO3S/c1-11(24-15(22)9-8-14-3-2-10-25-14)16(23)21-13-6-4-12(5-7-13)17(18,19)20/h2-7,10-11H,8-9H2,1H3,(H,21,23)/t11-/m1/s1. The second kappa shape index (κ2) is 8.15. The summed E-state index contributed by atoms with van der Waals surface area (Å²) in [6, 6.07) is 7.81. The van der Waals surface area contributed by atoms with Gasteiger partial charge < -0.3 is 10.1 Å². The van der Waals surface area contributed by atoms with E-state index in [9.17, 15) is 22.8 Å². The van der Waals surface area contributed by atoms with Crippen molar-refractivity contribution in [3.05, 3.63) is 52.2 Å². The molecule has 2 aromatic rings. The average molecular weight is 371 g/mol. The number of benzene rings is 1. The van der Waals surface area contributed by atoms with Crippen molar-refractivity contribution in [1.82, 2.24) is 0 Å². The summed E-state index contributed by atoms with van der Waals surface area (Å²) in [6.45, 7) is 1.41. The summed E-state index contributed by atoms with van der Waals surface area (Å²) in [6.07, 6.45) is -4.80. The van der Waals surface area contributed by atoms with Crippen LogP contribution in [0, 0.1) is 0 Å². The Morgan fingerprint density at radius 1 is 1.20 bits per heavy atom. The van der Waals surface area contributed by atoms with E-state index in [-0.39, 0.29) is 12.1 Å². The Morgan fingerprint density at radius 3 is 2.44 bits per heavy atom. The summed E-state index contributed by atoms with van der Waals surface area (Å²) in [7, 11) is 0. The first kappa shape index (κ1) is 19.0. The van der Waals surface area contributed by atoms with E-state index in [1.165, 1.54) is 18.3 Å². The summed E-state index contributed by atoms with van der Waals surface area (Å²) in [5.41, 5.74) is -0.613. The van der Waals surface area contributed by atoms with Gasteiger partial charge in [0.05, 0.1) is 12.0 Å². The van der Waals surface area contributed by atoms with E-state index in [4.69, 9.17) is 4.74 Å². The first-order valence-corrected chi connectivity index (χ1v) is 8.33. The molecule has 0 spiro atoms. The summed E-state index contributed by atoms with van der Waals surface area (Å²) in [5, 5.41) is 4.32. The van der Waals surface area contributed by atoms with Gasteiger partial charge >= 0.3 is 12.1 Å². The molecule has 1 amide bonds. The van der Waals surface area contributed by atoms with E-state index in [0.29, 0.717) is 6.42 Å². The van der Waals surface area contributed by atoms with Crippen LogP contribution in [0.25, 0.3) is 0 Å². The molecule has 0 saturated heterocycles. The van der Waals surface area contributed by atoms with Crippen molar-refractivity contribution in [2.75, 3.05) is 5.32 Å². The van der Waals surface area contributed by atoms with E-state index < -0.39 is 29.7 Å². The molecule has 0 aliphatic rings. The highest BCUT2D eigenvalue weighted by Gasteiger charge is 2.30. The van der Waals surface area contributed by atoms with Crippen LogP contribution in [0.1, 0.15) is 23.8 Å². The lowest BCUT2D eigenvalue weighted by Crippen LogP contribution is -2.30. The maximum atomic E-state index is 12.5. The smallest absolute Gasteiger partial charge is 0.416 e. The molecule has 1 aromatic heterocycles. The lowest BCUT2D eigenvalue weighted by Gasteiger charge is -2.14. The highest BCUT2D eigenvalue weighted by molar-refractivity contribution is 7.09. The van der Waals surface area contributed by atoms with Crippen molar-refractivity contribution in [3.8, 4) is 0 Å². The number of halogens is 3. The molecule has 0 fully saturated rings. The van der Waals surface area contributed by atoms with Gasteiger partial charge in [0.15, 0.2) is 6.10 Å². The van der Waals surface area contributed by atoms with E-state index in [0.717, 1.165) is 29.1 Å². The number of ether oxygens (including phenoxy) is 1. The molecule has 2 rings (SSSR count). The Labute approximate surface area is 146 Å². The number of aryl methyl sites for hydroxylation is 1. The first-order chi connectivity index (χ1) is 11.8. The van der Waals surface area contributed by atoms with Crippen LogP contribution in [0.15, 0.2) is 41.8 Å². The first-order valence-electron chi connectivity index (χ1n) is 7.45. The van der Waals surface area contributed by atoms with E-state index in [2.05, 4.69) is 5.32 Å². The molecule has 1 N–H and O–H groups in total. The lowest BCUT2D eigenvalue weighted by molar-refractivity contribution is -0.153. The summed E-state index contributed by atoms with van der Waals surface area (Å²) < 4.78 is 42.5. The fourth-order valence-corrected chi connectivity index (χ4v) is 2.69. The maximum absolute atomic E-state index is 12.5. The average Bonchev–Trinajstić information content (AvgIpc) is 3.06. The fourth-order valence-electron chi connectivity index (χ4n) is 1.98. The zero-order valence-corrected chi connectivity index (χ0v) is 14.1. The molecule has 0 radical (unpaired) electrons. The molecule has 134 valence electrons. The van der Waals surface area contributed by atoms with Crippen LogP contribution in [0.2, 0.25) is 0 Å². The van der Waals surface area contributed by atoms with E-state index in [1.807, 2.05) is 17.5 Å². The molecule has 4 nitrogen and oxygen atoms in total. The Hall–Kier alpha value is -2.35. The van der Waals surface area contributed by atoms with Crippen molar-refractivity contribution in [3.63, 3.8) is 0 Å². The molecular weight excluding hydrogens is 355 g/mol. The minimum Gasteiger partial charge on any atom is -0.453 e. The molecule has 1 aromatic carbocycles. The summed E-state index contributed by atoms with van der Waals surface area (Å²) in [4.78, 5) is 24.7. The Balaban J connectivity index is 1.82. The monoisotopic (exact) mass is 371 g/mol. The number of carbonyl (C=O) groups excluding carboxylic acids is 2. The van der Waals surface area contributed by atoms with E-state index in [1.54, 1.807) is 0 Å². The molecule has 25 heavy (non-hydrogen) atoms. The fraction of sp³-hybridized carbons (Fsp3) is 0.294. The van der Waals surface area contributed by atoms with Crippen LogP contribution >= 0.6 is 11.3 Å². The number of hydrogen-bond donors (Lipinski definition) is 1. The third kappa shape index (κ3) is 5.90. The van der Waals surface area contributed by atoms with Gasteiger partial charge in [-0.05, 0) is 49.1 Å². The maximum Gasteiger partial charge on any atom is 0.416 e. The molecular formula is C17H16F3NO3S. The molecule has 0 aliphatic carbocycles. The highest BCUT2D eigenvalue weighted by atomic mass is 32.1. The van der Waals surface area contributed by atoms with Gasteiger partial charge in [0.25, 0.3) is 5.91 Å². The van der Waals surface area contributed by atoms with Crippen LogP contribution in [-0.2, 0) is 26.9 Å². The number of anilines is 1. The molecule has 0 saturated carbocycles. The zero-order valence-electron chi connectivity index (χ0n) is 13.3. The summed E-state index contributed by atoms with van der Waals surface area (Å²) >= 11 is 1.53. The Kier molecular flexibility index (Phi) is 6.19. The topological polar surface area (TPSA) is 55.4 Å². The Bertz CT molecular complexity index is 712. The predicted octanol–water partition coefficient (Wildman–Crippen LogP) is 4.27. The van der Waals surface area contributed by atoms with Crippen molar-refractivity contribution >= 4 is 28.9 Å². The van der Waals surface area contributed by atoms with Gasteiger partial charge in [0.2, 0.25) is 0 Å². The third-order valence-electron chi connectivity index (χ3n) is 3.31. The Morgan fingerprint density at radius 2 is 1.88 bits per heavy atom. The molecule has 1 atom stereocenters. The van der Waals surface area contributed by atoms with Gasteiger partial charge in [-0.25, -0.2) is 0 Å². The van der Waals surface area contributed by atoms with Gasteiger partial charge in [-0.2, -0.15) is 13.2 Å². The summed E-state index contributed by atoms with van der Waals surface area (Å²) in [5.74, 6) is -1.12.